The lowest BCUT2D eigenvalue weighted by molar-refractivity contribution is 0.0109. The minimum atomic E-state index is -0.657. The van der Waals surface area contributed by atoms with E-state index in [-0.39, 0.29) is 6.04 Å². The van der Waals surface area contributed by atoms with Crippen LogP contribution in [0.15, 0.2) is 30.3 Å². The Kier molecular flexibility index (Phi) is 2.33. The lowest BCUT2D eigenvalue weighted by Crippen LogP contribution is -2.38. The van der Waals surface area contributed by atoms with E-state index in [1.165, 1.54) is 0 Å². The van der Waals surface area contributed by atoms with Crippen molar-refractivity contribution in [3.8, 4) is 0 Å². The van der Waals surface area contributed by atoms with Crippen molar-refractivity contribution in [2.45, 2.75) is 25.0 Å². The molecule has 1 aromatic carbocycles. The molecule has 0 unspecified atom stereocenters. The molecule has 1 saturated heterocycles. The van der Waals surface area contributed by atoms with Crippen molar-refractivity contribution >= 4 is 0 Å². The summed E-state index contributed by atoms with van der Waals surface area (Å²) in [6.07, 6.45) is 0.828. The van der Waals surface area contributed by atoms with Gasteiger partial charge in [0, 0.05) is 12.6 Å². The largest absolute Gasteiger partial charge is 0.383 e. The maximum absolute atomic E-state index is 10.6. The maximum atomic E-state index is 10.6. The summed E-state index contributed by atoms with van der Waals surface area (Å²) in [6.45, 7) is 3.05. The van der Waals surface area contributed by atoms with E-state index in [9.17, 15) is 5.11 Å². The SMILES string of the molecule is C[C@H]1N(C)CC[C@]1(O)c1ccccc1. The molecule has 76 valence electrons. The van der Waals surface area contributed by atoms with E-state index in [2.05, 4.69) is 18.9 Å². The smallest absolute Gasteiger partial charge is 0.106 e. The molecule has 1 aliphatic heterocycles. The van der Waals surface area contributed by atoms with Gasteiger partial charge in [0.1, 0.15) is 5.60 Å². The molecule has 0 spiro atoms. The zero-order chi connectivity index (χ0) is 10.2. The normalized spacial score (nSPS) is 33.5. The summed E-state index contributed by atoms with van der Waals surface area (Å²) >= 11 is 0. The van der Waals surface area contributed by atoms with Gasteiger partial charge in [0.15, 0.2) is 0 Å². The van der Waals surface area contributed by atoms with Gasteiger partial charge in [-0.05, 0) is 26.0 Å². The maximum Gasteiger partial charge on any atom is 0.106 e. The summed E-state index contributed by atoms with van der Waals surface area (Å²) in [7, 11) is 2.06. The van der Waals surface area contributed by atoms with Gasteiger partial charge in [0.2, 0.25) is 0 Å². The van der Waals surface area contributed by atoms with E-state index >= 15 is 0 Å². The number of aliphatic hydroxyl groups is 1. The highest BCUT2D eigenvalue weighted by Crippen LogP contribution is 2.36. The fourth-order valence-corrected chi connectivity index (χ4v) is 2.23. The molecule has 1 aliphatic rings. The van der Waals surface area contributed by atoms with Gasteiger partial charge in [-0.1, -0.05) is 30.3 Å². The van der Waals surface area contributed by atoms with Crippen LogP contribution in [-0.4, -0.2) is 29.6 Å². The van der Waals surface area contributed by atoms with Gasteiger partial charge >= 0.3 is 0 Å². The van der Waals surface area contributed by atoms with Crippen LogP contribution in [0.2, 0.25) is 0 Å². The Morgan fingerprint density at radius 1 is 1.36 bits per heavy atom. The summed E-state index contributed by atoms with van der Waals surface area (Å²) in [5.74, 6) is 0. The van der Waals surface area contributed by atoms with Crippen molar-refractivity contribution in [3.63, 3.8) is 0 Å². The van der Waals surface area contributed by atoms with Gasteiger partial charge in [-0.25, -0.2) is 0 Å². The van der Waals surface area contributed by atoms with Crippen LogP contribution in [0.1, 0.15) is 18.9 Å². The van der Waals surface area contributed by atoms with Crippen LogP contribution in [0, 0.1) is 0 Å². The van der Waals surface area contributed by atoms with Crippen molar-refractivity contribution in [1.29, 1.82) is 0 Å². The van der Waals surface area contributed by atoms with Gasteiger partial charge in [-0.2, -0.15) is 0 Å². The molecule has 0 aromatic heterocycles. The van der Waals surface area contributed by atoms with Crippen LogP contribution < -0.4 is 0 Å². The first-order chi connectivity index (χ1) is 6.64. The minimum absolute atomic E-state index is 0.199. The Balaban J connectivity index is 2.34. The van der Waals surface area contributed by atoms with Crippen molar-refractivity contribution in [2.75, 3.05) is 13.6 Å². The second-order valence-corrected chi connectivity index (χ2v) is 4.20. The van der Waals surface area contributed by atoms with Crippen LogP contribution >= 0.6 is 0 Å². The minimum Gasteiger partial charge on any atom is -0.383 e. The number of benzene rings is 1. The lowest BCUT2D eigenvalue weighted by atomic mass is 9.87. The molecule has 2 nitrogen and oxygen atoms in total. The van der Waals surface area contributed by atoms with E-state index in [1.807, 2.05) is 30.3 Å². The molecule has 1 heterocycles. The summed E-state index contributed by atoms with van der Waals surface area (Å²) in [5, 5.41) is 10.6. The molecule has 2 heteroatoms. The van der Waals surface area contributed by atoms with E-state index < -0.39 is 5.60 Å². The molecular weight excluding hydrogens is 174 g/mol. The van der Waals surface area contributed by atoms with Crippen molar-refractivity contribution in [1.82, 2.24) is 4.90 Å². The quantitative estimate of drug-likeness (QED) is 0.729. The van der Waals surface area contributed by atoms with E-state index in [0.717, 1.165) is 18.5 Å². The van der Waals surface area contributed by atoms with E-state index in [4.69, 9.17) is 0 Å². The fraction of sp³-hybridized carbons (Fsp3) is 0.500. The highest BCUT2D eigenvalue weighted by atomic mass is 16.3. The Morgan fingerprint density at radius 3 is 2.50 bits per heavy atom. The van der Waals surface area contributed by atoms with Crippen molar-refractivity contribution in [2.24, 2.45) is 0 Å². The number of nitrogens with zero attached hydrogens (tertiary/aromatic N) is 1. The van der Waals surface area contributed by atoms with Crippen LogP contribution in [0.4, 0.5) is 0 Å². The molecule has 0 radical (unpaired) electrons. The number of likely N-dealkylation sites (tertiary alicyclic amines) is 1. The first kappa shape index (κ1) is 9.69. The topological polar surface area (TPSA) is 23.5 Å². The summed E-state index contributed by atoms with van der Waals surface area (Å²) in [4.78, 5) is 2.20. The molecule has 1 aromatic rings. The van der Waals surface area contributed by atoms with Crippen LogP contribution in [0.5, 0.6) is 0 Å². The predicted molar refractivity (Wildman–Crippen MR) is 57.0 cm³/mol. The molecule has 2 rings (SSSR count). The first-order valence-electron chi connectivity index (χ1n) is 5.13. The Labute approximate surface area is 85.2 Å². The molecule has 1 N–H and O–H groups in total. The van der Waals surface area contributed by atoms with Crippen LogP contribution in [0.25, 0.3) is 0 Å². The molecular formula is C12H17NO. The van der Waals surface area contributed by atoms with Gasteiger partial charge in [-0.3, -0.25) is 0 Å². The molecule has 0 aliphatic carbocycles. The van der Waals surface area contributed by atoms with Gasteiger partial charge in [0.05, 0.1) is 0 Å². The Hall–Kier alpha value is -0.860. The Morgan fingerprint density at radius 2 is 2.00 bits per heavy atom. The second-order valence-electron chi connectivity index (χ2n) is 4.20. The average Bonchev–Trinajstić information content (AvgIpc) is 2.49. The third-order valence-corrected chi connectivity index (χ3v) is 3.47. The van der Waals surface area contributed by atoms with E-state index in [0.29, 0.717) is 0 Å². The number of likely N-dealkylation sites (N-methyl/N-ethyl adjacent to an activating group) is 1. The standard InChI is InChI=1S/C12H17NO/c1-10-12(14,8-9-13(10)2)11-6-4-3-5-7-11/h3-7,10,14H,8-9H2,1-2H3/t10-,12-/m1/s1. The summed E-state index contributed by atoms with van der Waals surface area (Å²) < 4.78 is 0. The predicted octanol–water partition coefficient (Wildman–Crippen LogP) is 1.60. The third kappa shape index (κ3) is 1.35. The molecule has 1 fully saturated rings. The zero-order valence-corrected chi connectivity index (χ0v) is 8.77. The zero-order valence-electron chi connectivity index (χ0n) is 8.77. The highest BCUT2D eigenvalue weighted by molar-refractivity contribution is 5.25. The molecule has 0 bridgehead atoms. The van der Waals surface area contributed by atoms with Gasteiger partial charge in [0.25, 0.3) is 0 Å². The molecule has 0 amide bonds. The second kappa shape index (κ2) is 3.37. The summed E-state index contributed by atoms with van der Waals surface area (Å²) in [5.41, 5.74) is 0.382. The number of rotatable bonds is 1. The number of hydrogen-bond donors (Lipinski definition) is 1. The number of hydrogen-bond acceptors (Lipinski definition) is 2. The molecule has 14 heavy (non-hydrogen) atoms. The lowest BCUT2D eigenvalue weighted by Gasteiger charge is -2.30. The van der Waals surface area contributed by atoms with Crippen LogP contribution in [-0.2, 0) is 5.60 Å². The molecule has 0 saturated carbocycles. The first-order valence-corrected chi connectivity index (χ1v) is 5.13. The third-order valence-electron chi connectivity index (χ3n) is 3.47. The summed E-state index contributed by atoms with van der Waals surface area (Å²) in [6, 6.07) is 10.2. The average molecular weight is 191 g/mol. The highest BCUT2D eigenvalue weighted by Gasteiger charge is 2.42. The van der Waals surface area contributed by atoms with Crippen molar-refractivity contribution in [3.05, 3.63) is 35.9 Å². The van der Waals surface area contributed by atoms with Crippen molar-refractivity contribution < 1.29 is 5.11 Å². The van der Waals surface area contributed by atoms with Gasteiger partial charge < -0.3 is 10.0 Å². The van der Waals surface area contributed by atoms with E-state index in [1.54, 1.807) is 0 Å². The Bertz CT molecular complexity index is 311. The molecule has 2 atom stereocenters. The fourth-order valence-electron chi connectivity index (χ4n) is 2.23. The monoisotopic (exact) mass is 191 g/mol. The van der Waals surface area contributed by atoms with Crippen LogP contribution in [0.3, 0.4) is 0 Å². The van der Waals surface area contributed by atoms with Gasteiger partial charge in [-0.15, -0.1) is 0 Å².